The lowest BCUT2D eigenvalue weighted by molar-refractivity contribution is 0.0770. The van der Waals surface area contributed by atoms with Crippen molar-refractivity contribution in [2.75, 3.05) is 12.8 Å². The lowest BCUT2D eigenvalue weighted by Gasteiger charge is -2.22. The summed E-state index contributed by atoms with van der Waals surface area (Å²) >= 11 is 5.83. The molecule has 176 valence electrons. The number of nitrogen functional groups attached to an aromatic ring is 1. The molecule has 2 N–H and O–H groups in total. The normalized spacial score (nSPS) is 12.5. The molecule has 0 aromatic carbocycles. The van der Waals surface area contributed by atoms with Crippen LogP contribution in [0.3, 0.4) is 0 Å². The predicted octanol–water partition coefficient (Wildman–Crippen LogP) is 4.87. The summed E-state index contributed by atoms with van der Waals surface area (Å²) in [5, 5.41) is 4.65. The van der Waals surface area contributed by atoms with Crippen molar-refractivity contribution < 1.29 is 9.53 Å². The molecule has 0 radical (unpaired) electrons. The standard InChI is InChI=1S/C23H28BrIN6O2/c1-13(33-17-10-14(25)11-28-21(17)26)15-8-7-9-27-19(15)22(32)30(5)12-16-18(24)20(23(2,3)4)29-31(16)6/h7-11,13H,12H2,1-6H3,(H2,26,28). The van der Waals surface area contributed by atoms with Gasteiger partial charge >= 0.3 is 0 Å². The minimum absolute atomic E-state index is 0.121. The molecule has 3 aromatic rings. The summed E-state index contributed by atoms with van der Waals surface area (Å²) in [6.07, 6.45) is 2.82. The van der Waals surface area contributed by atoms with E-state index in [4.69, 9.17) is 10.5 Å². The first kappa shape index (κ1) is 25.4. The third-order valence-electron chi connectivity index (χ3n) is 5.18. The average molecular weight is 627 g/mol. The van der Waals surface area contributed by atoms with E-state index in [0.717, 1.165) is 19.4 Å². The molecule has 1 amide bonds. The fraction of sp³-hybridized carbons (Fsp3) is 0.391. The molecular weight excluding hydrogens is 599 g/mol. The Labute approximate surface area is 216 Å². The Morgan fingerprint density at radius 3 is 2.70 bits per heavy atom. The summed E-state index contributed by atoms with van der Waals surface area (Å²) in [7, 11) is 3.64. The second-order valence-corrected chi connectivity index (χ2v) is 10.9. The van der Waals surface area contributed by atoms with Crippen molar-refractivity contribution in [3.05, 3.63) is 61.3 Å². The maximum absolute atomic E-state index is 13.4. The molecule has 1 atom stereocenters. The Balaban J connectivity index is 1.85. The molecule has 3 rings (SSSR count). The number of carbonyl (C=O) groups excluding carboxylic acids is 1. The maximum atomic E-state index is 13.4. The highest BCUT2D eigenvalue weighted by Gasteiger charge is 2.27. The van der Waals surface area contributed by atoms with Crippen LogP contribution in [0.2, 0.25) is 0 Å². The SMILES string of the molecule is CC(Oc1cc(I)cnc1N)c1cccnc1C(=O)N(C)Cc1c(Br)c(C(C)(C)C)nn1C. The van der Waals surface area contributed by atoms with Crippen LogP contribution >= 0.6 is 38.5 Å². The van der Waals surface area contributed by atoms with Gasteiger partial charge < -0.3 is 15.4 Å². The molecule has 0 aliphatic heterocycles. The Kier molecular flexibility index (Phi) is 7.67. The van der Waals surface area contributed by atoms with Crippen LogP contribution in [0.1, 0.15) is 61.2 Å². The van der Waals surface area contributed by atoms with Gasteiger partial charge in [-0.05, 0) is 57.6 Å². The minimum atomic E-state index is -0.454. The monoisotopic (exact) mass is 626 g/mol. The lowest BCUT2D eigenvalue weighted by atomic mass is 9.92. The number of halogens is 2. The van der Waals surface area contributed by atoms with Crippen LogP contribution in [-0.2, 0) is 19.0 Å². The molecule has 8 nitrogen and oxygen atoms in total. The van der Waals surface area contributed by atoms with E-state index in [2.05, 4.69) is 74.4 Å². The maximum Gasteiger partial charge on any atom is 0.272 e. The molecular formula is C23H28BrIN6O2. The minimum Gasteiger partial charge on any atom is -0.482 e. The van der Waals surface area contributed by atoms with E-state index >= 15 is 0 Å². The number of hydrogen-bond acceptors (Lipinski definition) is 6. The van der Waals surface area contributed by atoms with Gasteiger partial charge in [-0.25, -0.2) is 4.98 Å². The van der Waals surface area contributed by atoms with E-state index in [-0.39, 0.29) is 11.3 Å². The topological polar surface area (TPSA) is 99.2 Å². The highest BCUT2D eigenvalue weighted by Crippen LogP contribution is 2.32. The summed E-state index contributed by atoms with van der Waals surface area (Å²) in [5.74, 6) is 0.561. The fourth-order valence-corrected chi connectivity index (χ4v) is 4.84. The van der Waals surface area contributed by atoms with Gasteiger partial charge in [0.15, 0.2) is 11.6 Å². The van der Waals surface area contributed by atoms with Crippen molar-refractivity contribution in [3.8, 4) is 5.75 Å². The van der Waals surface area contributed by atoms with E-state index in [1.54, 1.807) is 30.4 Å². The Bertz CT molecular complexity index is 1170. The second kappa shape index (κ2) is 9.96. The van der Waals surface area contributed by atoms with Gasteiger partial charge in [0.1, 0.15) is 11.8 Å². The van der Waals surface area contributed by atoms with Crippen molar-refractivity contribution in [1.29, 1.82) is 0 Å². The zero-order chi connectivity index (χ0) is 24.5. The van der Waals surface area contributed by atoms with E-state index in [1.165, 1.54) is 0 Å². The molecule has 0 saturated carbocycles. The van der Waals surface area contributed by atoms with Crippen LogP contribution < -0.4 is 10.5 Å². The van der Waals surface area contributed by atoms with Gasteiger partial charge in [0.05, 0.1) is 22.4 Å². The first-order valence-electron chi connectivity index (χ1n) is 10.4. The highest BCUT2D eigenvalue weighted by atomic mass is 127. The smallest absolute Gasteiger partial charge is 0.272 e. The second-order valence-electron chi connectivity index (χ2n) is 8.88. The van der Waals surface area contributed by atoms with Crippen molar-refractivity contribution in [2.45, 2.75) is 45.8 Å². The van der Waals surface area contributed by atoms with Crippen LogP contribution in [0, 0.1) is 3.57 Å². The third-order valence-corrected chi connectivity index (χ3v) is 6.60. The number of amides is 1. The number of rotatable bonds is 6. The van der Waals surface area contributed by atoms with Gasteiger partial charge in [-0.2, -0.15) is 5.10 Å². The van der Waals surface area contributed by atoms with Gasteiger partial charge in [-0.15, -0.1) is 0 Å². The van der Waals surface area contributed by atoms with Crippen molar-refractivity contribution >= 4 is 50.2 Å². The van der Waals surface area contributed by atoms with Crippen molar-refractivity contribution in [3.63, 3.8) is 0 Å². The molecule has 0 aliphatic rings. The van der Waals surface area contributed by atoms with E-state index < -0.39 is 6.10 Å². The third kappa shape index (κ3) is 5.65. The molecule has 1 unspecified atom stereocenters. The number of nitrogens with zero attached hydrogens (tertiary/aromatic N) is 5. The van der Waals surface area contributed by atoms with Crippen LogP contribution in [0.25, 0.3) is 0 Å². The largest absolute Gasteiger partial charge is 0.482 e. The number of ether oxygens (including phenoxy) is 1. The molecule has 10 heteroatoms. The summed E-state index contributed by atoms with van der Waals surface area (Å²) in [5.41, 5.74) is 8.71. The van der Waals surface area contributed by atoms with Crippen LogP contribution in [0.5, 0.6) is 5.75 Å². The Morgan fingerprint density at radius 2 is 2.06 bits per heavy atom. The average Bonchev–Trinajstić information content (AvgIpc) is 3.04. The summed E-state index contributed by atoms with van der Waals surface area (Å²) in [6, 6.07) is 5.44. The Morgan fingerprint density at radius 1 is 1.36 bits per heavy atom. The number of pyridine rings is 2. The number of carbonyl (C=O) groups is 1. The van der Waals surface area contributed by atoms with Crippen molar-refractivity contribution in [1.82, 2.24) is 24.6 Å². The van der Waals surface area contributed by atoms with Gasteiger partial charge in [0.2, 0.25) is 0 Å². The molecule has 0 spiro atoms. The summed E-state index contributed by atoms with van der Waals surface area (Å²) < 4.78 is 9.69. The number of nitrogens with two attached hydrogens (primary N) is 1. The number of aryl methyl sites for hydroxylation is 1. The van der Waals surface area contributed by atoms with Crippen LogP contribution in [0.4, 0.5) is 5.82 Å². The molecule has 0 fully saturated rings. The van der Waals surface area contributed by atoms with E-state index in [1.807, 2.05) is 30.8 Å². The summed E-state index contributed by atoms with van der Waals surface area (Å²) in [6.45, 7) is 8.56. The van der Waals surface area contributed by atoms with Crippen LogP contribution in [0.15, 0.2) is 35.1 Å². The highest BCUT2D eigenvalue weighted by molar-refractivity contribution is 14.1. The quantitative estimate of drug-likeness (QED) is 0.392. The van der Waals surface area contributed by atoms with Gasteiger partial charge in [-0.3, -0.25) is 14.5 Å². The predicted molar refractivity (Wildman–Crippen MR) is 140 cm³/mol. The van der Waals surface area contributed by atoms with E-state index in [0.29, 0.717) is 29.4 Å². The molecule has 3 heterocycles. The fourth-order valence-electron chi connectivity index (χ4n) is 3.37. The van der Waals surface area contributed by atoms with Crippen molar-refractivity contribution in [2.24, 2.45) is 7.05 Å². The molecule has 0 aliphatic carbocycles. The first-order chi connectivity index (χ1) is 15.4. The zero-order valence-corrected chi connectivity index (χ0v) is 23.3. The van der Waals surface area contributed by atoms with Gasteiger partial charge in [0.25, 0.3) is 5.91 Å². The number of hydrogen-bond donors (Lipinski definition) is 1. The molecule has 33 heavy (non-hydrogen) atoms. The molecule has 3 aromatic heterocycles. The first-order valence-corrected chi connectivity index (χ1v) is 12.3. The van der Waals surface area contributed by atoms with Gasteiger partial charge in [-0.1, -0.05) is 26.8 Å². The number of aromatic nitrogens is 4. The molecule has 0 bridgehead atoms. The molecule has 0 saturated heterocycles. The van der Waals surface area contributed by atoms with Crippen LogP contribution in [-0.4, -0.2) is 37.6 Å². The lowest BCUT2D eigenvalue weighted by Crippen LogP contribution is -2.29. The van der Waals surface area contributed by atoms with E-state index in [9.17, 15) is 4.79 Å². The summed E-state index contributed by atoms with van der Waals surface area (Å²) in [4.78, 5) is 23.5. The zero-order valence-electron chi connectivity index (χ0n) is 19.6. The van der Waals surface area contributed by atoms with Gasteiger partial charge in [0, 0.05) is 41.0 Å². The number of anilines is 1. The Hall–Kier alpha value is -2.21.